The van der Waals surface area contributed by atoms with Gasteiger partial charge in [-0.05, 0) is 52.0 Å². The van der Waals surface area contributed by atoms with Crippen LogP contribution in [0.25, 0.3) is 0 Å². The van der Waals surface area contributed by atoms with E-state index >= 15 is 0 Å². The molecule has 0 saturated carbocycles. The second-order valence-corrected chi connectivity index (χ2v) is 9.11. The van der Waals surface area contributed by atoms with Gasteiger partial charge in [0.05, 0.1) is 17.7 Å². The summed E-state index contributed by atoms with van der Waals surface area (Å²) < 4.78 is 32.4. The fraction of sp³-hybridized carbons (Fsp3) is 0.316. The van der Waals surface area contributed by atoms with E-state index in [1.54, 1.807) is 45.0 Å². The predicted molar refractivity (Wildman–Crippen MR) is 108 cm³/mol. The molecule has 156 valence electrons. The molecule has 0 bridgehead atoms. The van der Waals surface area contributed by atoms with E-state index in [-0.39, 0.29) is 17.2 Å². The second-order valence-electron chi connectivity index (χ2n) is 7.34. The van der Waals surface area contributed by atoms with E-state index in [1.807, 2.05) is 6.92 Å². The van der Waals surface area contributed by atoms with Gasteiger partial charge in [0.25, 0.3) is 0 Å². The molecular formula is C19H24N4O5S. The van der Waals surface area contributed by atoms with Gasteiger partial charge in [-0.3, -0.25) is 9.59 Å². The van der Waals surface area contributed by atoms with Crippen molar-refractivity contribution in [3.8, 4) is 0 Å². The highest BCUT2D eigenvalue weighted by molar-refractivity contribution is 7.89. The number of carbonyl (C=O) groups excluding carboxylic acids is 2. The molecule has 1 aromatic carbocycles. The first-order chi connectivity index (χ1) is 13.5. The lowest BCUT2D eigenvalue weighted by Crippen LogP contribution is -2.47. The minimum atomic E-state index is -3.66. The highest BCUT2D eigenvalue weighted by Crippen LogP contribution is 2.12. The Morgan fingerprint density at radius 2 is 1.72 bits per heavy atom. The summed E-state index contributed by atoms with van der Waals surface area (Å²) in [5.41, 5.74) is 2.51. The van der Waals surface area contributed by atoms with Crippen molar-refractivity contribution in [2.24, 2.45) is 5.10 Å². The molecule has 2 amide bonds. The van der Waals surface area contributed by atoms with Gasteiger partial charge in [0, 0.05) is 5.54 Å². The summed E-state index contributed by atoms with van der Waals surface area (Å²) in [7, 11) is -3.66. The molecule has 0 aliphatic rings. The van der Waals surface area contributed by atoms with E-state index in [9.17, 15) is 18.0 Å². The number of benzene rings is 1. The summed E-state index contributed by atoms with van der Waals surface area (Å²) in [5.74, 6) is -1.07. The van der Waals surface area contributed by atoms with E-state index in [0.29, 0.717) is 5.76 Å². The monoisotopic (exact) mass is 420 g/mol. The van der Waals surface area contributed by atoms with Gasteiger partial charge in [0.2, 0.25) is 10.0 Å². The molecule has 0 aliphatic heterocycles. The van der Waals surface area contributed by atoms with Crippen LogP contribution in [0.1, 0.15) is 37.9 Å². The molecule has 0 fully saturated rings. The van der Waals surface area contributed by atoms with Crippen LogP contribution >= 0.6 is 0 Å². The number of carbonyl (C=O) groups is 2. The van der Waals surface area contributed by atoms with Crippen molar-refractivity contribution in [1.29, 1.82) is 0 Å². The quantitative estimate of drug-likeness (QED) is 0.370. The van der Waals surface area contributed by atoms with Gasteiger partial charge in [0.1, 0.15) is 11.5 Å². The van der Waals surface area contributed by atoms with Crippen molar-refractivity contribution in [2.45, 2.75) is 44.7 Å². The molecule has 0 atom stereocenters. The maximum absolute atomic E-state index is 12.3. The van der Waals surface area contributed by atoms with Gasteiger partial charge < -0.3 is 9.73 Å². The lowest BCUT2D eigenvalue weighted by Gasteiger charge is -2.19. The summed E-state index contributed by atoms with van der Waals surface area (Å²) >= 11 is 0. The third kappa shape index (κ3) is 7.16. The van der Waals surface area contributed by atoms with Crippen molar-refractivity contribution in [2.75, 3.05) is 0 Å². The molecule has 29 heavy (non-hydrogen) atoms. The fourth-order valence-electron chi connectivity index (χ4n) is 2.13. The number of furan rings is 1. The first kappa shape index (κ1) is 22.3. The van der Waals surface area contributed by atoms with Crippen molar-refractivity contribution in [1.82, 2.24) is 15.5 Å². The average molecular weight is 420 g/mol. The Morgan fingerprint density at radius 3 is 2.34 bits per heavy atom. The van der Waals surface area contributed by atoms with Gasteiger partial charge in [-0.2, -0.15) is 5.10 Å². The minimum Gasteiger partial charge on any atom is -0.459 e. The van der Waals surface area contributed by atoms with Crippen LogP contribution in [0.2, 0.25) is 0 Å². The van der Waals surface area contributed by atoms with Crippen molar-refractivity contribution >= 4 is 28.1 Å². The molecule has 2 rings (SSSR count). The highest BCUT2D eigenvalue weighted by Gasteiger charge is 2.19. The Kier molecular flexibility index (Phi) is 6.93. The standard InChI is InChI=1S/C19H24N4O5S/c1-13-5-9-16(10-6-13)29(26,27)21-12-15-8-7-14(28-15)11-20-23-18(25)17(24)22-19(2,3)4/h5-11,21H,12H2,1-4H3,(H,22,24)(H,23,25)/b20-11+. The smallest absolute Gasteiger partial charge is 0.329 e. The average Bonchev–Trinajstić information content (AvgIpc) is 3.07. The molecule has 1 heterocycles. The summed E-state index contributed by atoms with van der Waals surface area (Å²) in [5, 5.41) is 6.16. The van der Waals surface area contributed by atoms with Crippen molar-refractivity contribution < 1.29 is 22.4 Å². The molecule has 3 N–H and O–H groups in total. The van der Waals surface area contributed by atoms with Crippen LogP contribution in [0.4, 0.5) is 0 Å². The zero-order valence-electron chi connectivity index (χ0n) is 16.6. The minimum absolute atomic E-state index is 0.0512. The third-order valence-electron chi connectivity index (χ3n) is 3.50. The topological polar surface area (TPSA) is 130 Å². The lowest BCUT2D eigenvalue weighted by molar-refractivity contribution is -0.140. The molecule has 0 aliphatic carbocycles. The number of hydrogen-bond acceptors (Lipinski definition) is 6. The van der Waals surface area contributed by atoms with Gasteiger partial charge >= 0.3 is 11.8 Å². The second kappa shape index (κ2) is 9.01. The Labute approximate surface area is 169 Å². The summed E-state index contributed by atoms with van der Waals surface area (Å²) in [6, 6.07) is 9.61. The maximum atomic E-state index is 12.3. The highest BCUT2D eigenvalue weighted by atomic mass is 32.2. The van der Waals surface area contributed by atoms with Crippen LogP contribution < -0.4 is 15.5 Å². The van der Waals surface area contributed by atoms with E-state index in [2.05, 4.69) is 20.6 Å². The van der Waals surface area contributed by atoms with Crippen LogP contribution in [-0.2, 0) is 26.2 Å². The molecule has 10 heteroatoms. The van der Waals surface area contributed by atoms with Crippen molar-refractivity contribution in [3.05, 3.63) is 53.5 Å². The van der Waals surface area contributed by atoms with Crippen LogP contribution in [0, 0.1) is 6.92 Å². The Hall–Kier alpha value is -2.98. The number of hydrogen-bond donors (Lipinski definition) is 3. The molecule has 1 aromatic heterocycles. The third-order valence-corrected chi connectivity index (χ3v) is 4.92. The van der Waals surface area contributed by atoms with Crippen LogP contribution in [0.15, 0.2) is 50.8 Å². The summed E-state index contributed by atoms with van der Waals surface area (Å²) in [6.07, 6.45) is 1.21. The normalized spacial score (nSPS) is 12.1. The maximum Gasteiger partial charge on any atom is 0.329 e. The van der Waals surface area contributed by atoms with E-state index in [0.717, 1.165) is 5.56 Å². The largest absolute Gasteiger partial charge is 0.459 e. The summed E-state index contributed by atoms with van der Waals surface area (Å²) in [4.78, 5) is 23.4. The van der Waals surface area contributed by atoms with E-state index < -0.39 is 27.4 Å². The van der Waals surface area contributed by atoms with Gasteiger partial charge in [-0.1, -0.05) is 17.7 Å². The molecule has 0 unspecified atom stereocenters. The zero-order chi connectivity index (χ0) is 21.7. The van der Waals surface area contributed by atoms with Gasteiger partial charge in [-0.25, -0.2) is 18.6 Å². The number of aryl methyl sites for hydroxylation is 1. The zero-order valence-corrected chi connectivity index (χ0v) is 17.5. The number of nitrogens with one attached hydrogen (secondary N) is 3. The van der Waals surface area contributed by atoms with Crippen LogP contribution in [0.5, 0.6) is 0 Å². The van der Waals surface area contributed by atoms with Crippen molar-refractivity contribution in [3.63, 3.8) is 0 Å². The van der Waals surface area contributed by atoms with Crippen LogP contribution in [-0.4, -0.2) is 32.0 Å². The SMILES string of the molecule is Cc1ccc(S(=O)(=O)NCc2ccc(/C=N/NC(=O)C(=O)NC(C)(C)C)o2)cc1. The summed E-state index contributed by atoms with van der Waals surface area (Å²) in [6.45, 7) is 7.07. The number of rotatable bonds is 6. The first-order valence-electron chi connectivity index (χ1n) is 8.77. The first-order valence-corrected chi connectivity index (χ1v) is 10.3. The van der Waals surface area contributed by atoms with Crippen LogP contribution in [0.3, 0.4) is 0 Å². The Bertz CT molecular complexity index is 1000. The van der Waals surface area contributed by atoms with Gasteiger partial charge in [0.15, 0.2) is 0 Å². The molecule has 0 spiro atoms. The number of hydrazone groups is 1. The molecule has 2 aromatic rings. The molecule has 9 nitrogen and oxygen atoms in total. The fourth-order valence-corrected chi connectivity index (χ4v) is 3.12. The van der Waals surface area contributed by atoms with E-state index in [4.69, 9.17) is 4.42 Å². The molecule has 0 radical (unpaired) electrons. The lowest BCUT2D eigenvalue weighted by atomic mass is 10.1. The molecule has 0 saturated heterocycles. The Morgan fingerprint density at radius 1 is 1.07 bits per heavy atom. The predicted octanol–water partition coefficient (Wildman–Crippen LogP) is 1.43. The number of nitrogens with zero attached hydrogens (tertiary/aromatic N) is 1. The number of sulfonamides is 1. The number of amides is 2. The molecular weight excluding hydrogens is 396 g/mol. The Balaban J connectivity index is 1.89. The van der Waals surface area contributed by atoms with E-state index in [1.165, 1.54) is 18.3 Å². The van der Waals surface area contributed by atoms with Gasteiger partial charge in [-0.15, -0.1) is 0 Å².